The molecule has 26 heavy (non-hydrogen) atoms. The van der Waals surface area contributed by atoms with Crippen molar-refractivity contribution in [2.75, 3.05) is 13.7 Å². The molecule has 7 nitrogen and oxygen atoms in total. The van der Waals surface area contributed by atoms with Crippen molar-refractivity contribution in [3.63, 3.8) is 0 Å². The van der Waals surface area contributed by atoms with E-state index in [0.29, 0.717) is 11.9 Å². The summed E-state index contributed by atoms with van der Waals surface area (Å²) in [7, 11) is 1.26. The first-order chi connectivity index (χ1) is 12.5. The number of amides is 1. The molecular formula is C19H22N2O5. The number of rotatable bonds is 7. The molecule has 2 atom stereocenters. The maximum atomic E-state index is 12.1. The number of fused-ring (bicyclic) bond motifs is 1. The number of carbonyl (C=O) groups excluding carboxylic acids is 3. The van der Waals surface area contributed by atoms with Crippen LogP contribution in [0.15, 0.2) is 36.4 Å². The van der Waals surface area contributed by atoms with E-state index in [1.54, 1.807) is 18.2 Å². The van der Waals surface area contributed by atoms with E-state index in [0.717, 1.165) is 5.39 Å². The fraction of sp³-hybridized carbons (Fsp3) is 0.368. The molecule has 0 fully saturated rings. The Bertz CT molecular complexity index is 805. The van der Waals surface area contributed by atoms with Gasteiger partial charge in [0.2, 0.25) is 0 Å². The van der Waals surface area contributed by atoms with Crippen LogP contribution in [0.3, 0.4) is 0 Å². The lowest BCUT2D eigenvalue weighted by atomic mass is 9.99. The Morgan fingerprint density at radius 2 is 1.88 bits per heavy atom. The molecule has 0 saturated carbocycles. The van der Waals surface area contributed by atoms with Gasteiger partial charge in [-0.1, -0.05) is 44.5 Å². The van der Waals surface area contributed by atoms with Gasteiger partial charge in [-0.05, 0) is 18.1 Å². The molecule has 1 aromatic carbocycles. The van der Waals surface area contributed by atoms with Gasteiger partial charge < -0.3 is 14.8 Å². The number of hydrogen-bond acceptors (Lipinski definition) is 6. The number of benzene rings is 1. The second-order valence-corrected chi connectivity index (χ2v) is 5.92. The van der Waals surface area contributed by atoms with Gasteiger partial charge in [0.15, 0.2) is 6.61 Å². The van der Waals surface area contributed by atoms with E-state index in [1.807, 2.05) is 32.0 Å². The van der Waals surface area contributed by atoms with E-state index >= 15 is 0 Å². The molecule has 1 heterocycles. The zero-order chi connectivity index (χ0) is 19.1. The van der Waals surface area contributed by atoms with Crippen molar-refractivity contribution in [1.29, 1.82) is 0 Å². The topological polar surface area (TPSA) is 94.6 Å². The lowest BCUT2D eigenvalue weighted by molar-refractivity contribution is -0.147. The van der Waals surface area contributed by atoms with Gasteiger partial charge in [-0.15, -0.1) is 0 Å². The van der Waals surface area contributed by atoms with Crippen molar-refractivity contribution in [2.45, 2.75) is 26.3 Å². The van der Waals surface area contributed by atoms with Crippen LogP contribution in [-0.4, -0.2) is 42.6 Å². The smallest absolute Gasteiger partial charge is 0.357 e. The first kappa shape index (κ1) is 19.4. The molecular weight excluding hydrogens is 336 g/mol. The zero-order valence-electron chi connectivity index (χ0n) is 15.0. The van der Waals surface area contributed by atoms with E-state index < -0.39 is 30.5 Å². The second-order valence-electron chi connectivity index (χ2n) is 5.92. The average Bonchev–Trinajstić information content (AvgIpc) is 2.68. The SMILES string of the molecule is CC[C@@H](C)[C@H](NC(=O)COC(=O)c1ccc2ccccc2n1)C(=O)OC. The molecule has 138 valence electrons. The van der Waals surface area contributed by atoms with Crippen molar-refractivity contribution < 1.29 is 23.9 Å². The highest BCUT2D eigenvalue weighted by Crippen LogP contribution is 2.12. The lowest BCUT2D eigenvalue weighted by Crippen LogP contribution is -2.47. The van der Waals surface area contributed by atoms with E-state index in [9.17, 15) is 14.4 Å². The van der Waals surface area contributed by atoms with Crippen molar-refractivity contribution >= 4 is 28.7 Å². The number of ether oxygens (including phenoxy) is 2. The van der Waals surface area contributed by atoms with Crippen LogP contribution in [-0.2, 0) is 19.1 Å². The van der Waals surface area contributed by atoms with Crippen LogP contribution in [0.5, 0.6) is 0 Å². The summed E-state index contributed by atoms with van der Waals surface area (Å²) in [4.78, 5) is 40.1. The quantitative estimate of drug-likeness (QED) is 0.762. The largest absolute Gasteiger partial charge is 0.467 e. The Morgan fingerprint density at radius 3 is 2.58 bits per heavy atom. The van der Waals surface area contributed by atoms with Gasteiger partial charge >= 0.3 is 11.9 Å². The van der Waals surface area contributed by atoms with Crippen LogP contribution in [0, 0.1) is 5.92 Å². The minimum atomic E-state index is -0.782. The van der Waals surface area contributed by atoms with Crippen molar-refractivity contribution in [3.05, 3.63) is 42.1 Å². The van der Waals surface area contributed by atoms with Crippen LogP contribution in [0.25, 0.3) is 10.9 Å². The summed E-state index contributed by atoms with van der Waals surface area (Å²) in [5.41, 5.74) is 0.775. The molecule has 0 unspecified atom stereocenters. The van der Waals surface area contributed by atoms with Crippen molar-refractivity contribution in [3.8, 4) is 0 Å². The Balaban J connectivity index is 1.96. The van der Waals surface area contributed by atoms with Gasteiger partial charge in [-0.2, -0.15) is 0 Å². The van der Waals surface area contributed by atoms with Gasteiger partial charge in [0.05, 0.1) is 12.6 Å². The first-order valence-electron chi connectivity index (χ1n) is 8.36. The standard InChI is InChI=1S/C19H22N2O5/c1-4-12(2)17(19(24)25-3)21-16(22)11-26-18(23)15-10-9-13-7-5-6-8-14(13)20-15/h5-10,12,17H,4,11H2,1-3H3,(H,21,22)/t12-,17+/m1/s1. The molecule has 0 aliphatic carbocycles. The van der Waals surface area contributed by atoms with E-state index in [-0.39, 0.29) is 11.6 Å². The summed E-state index contributed by atoms with van der Waals surface area (Å²) in [6.45, 7) is 3.22. The van der Waals surface area contributed by atoms with Gasteiger partial charge in [-0.3, -0.25) is 4.79 Å². The summed E-state index contributed by atoms with van der Waals surface area (Å²) >= 11 is 0. The predicted octanol–water partition coefficient (Wildman–Crippen LogP) is 2.10. The van der Waals surface area contributed by atoms with Crippen LogP contribution in [0.2, 0.25) is 0 Å². The Labute approximate surface area is 151 Å². The minimum absolute atomic E-state index is 0.107. The summed E-state index contributed by atoms with van der Waals surface area (Å²) in [5, 5.41) is 3.44. The Kier molecular flexibility index (Phi) is 6.66. The molecule has 1 amide bonds. The molecule has 0 aliphatic rings. The molecule has 0 saturated heterocycles. The van der Waals surface area contributed by atoms with Gasteiger partial charge in [0, 0.05) is 5.39 Å². The summed E-state index contributed by atoms with van der Waals surface area (Å²) in [6.07, 6.45) is 0.681. The third-order valence-corrected chi connectivity index (χ3v) is 4.13. The van der Waals surface area contributed by atoms with Crippen LogP contribution >= 0.6 is 0 Å². The molecule has 1 aromatic heterocycles. The fourth-order valence-electron chi connectivity index (χ4n) is 2.40. The number of nitrogens with one attached hydrogen (secondary N) is 1. The molecule has 2 aromatic rings. The van der Waals surface area contributed by atoms with Crippen LogP contribution < -0.4 is 5.32 Å². The Morgan fingerprint density at radius 1 is 1.15 bits per heavy atom. The predicted molar refractivity (Wildman–Crippen MR) is 95.4 cm³/mol. The number of pyridine rings is 1. The third kappa shape index (κ3) is 4.78. The lowest BCUT2D eigenvalue weighted by Gasteiger charge is -2.21. The number of aromatic nitrogens is 1. The summed E-state index contributed by atoms with van der Waals surface area (Å²) < 4.78 is 9.70. The molecule has 0 bridgehead atoms. The average molecular weight is 358 g/mol. The fourth-order valence-corrected chi connectivity index (χ4v) is 2.40. The van der Waals surface area contributed by atoms with E-state index in [4.69, 9.17) is 9.47 Å². The molecule has 2 rings (SSSR count). The zero-order valence-corrected chi connectivity index (χ0v) is 15.0. The molecule has 0 aliphatic heterocycles. The molecule has 0 spiro atoms. The molecule has 7 heteroatoms. The summed E-state index contributed by atoms with van der Waals surface area (Å²) in [6, 6.07) is 9.88. The number of para-hydroxylation sites is 1. The number of nitrogens with zero attached hydrogens (tertiary/aromatic N) is 1. The second kappa shape index (κ2) is 8.94. The minimum Gasteiger partial charge on any atom is -0.467 e. The van der Waals surface area contributed by atoms with Gasteiger partial charge in [0.1, 0.15) is 11.7 Å². The van der Waals surface area contributed by atoms with E-state index in [2.05, 4.69) is 10.3 Å². The van der Waals surface area contributed by atoms with Gasteiger partial charge in [0.25, 0.3) is 5.91 Å². The maximum Gasteiger partial charge on any atom is 0.357 e. The van der Waals surface area contributed by atoms with Gasteiger partial charge in [-0.25, -0.2) is 14.6 Å². The highest BCUT2D eigenvalue weighted by Gasteiger charge is 2.27. The highest BCUT2D eigenvalue weighted by atomic mass is 16.5. The maximum absolute atomic E-state index is 12.1. The summed E-state index contributed by atoms with van der Waals surface area (Å²) in [5.74, 6) is -1.92. The Hall–Kier alpha value is -2.96. The molecule has 1 N–H and O–H groups in total. The number of esters is 2. The highest BCUT2D eigenvalue weighted by molar-refractivity contribution is 5.93. The van der Waals surface area contributed by atoms with Crippen LogP contribution in [0.4, 0.5) is 0 Å². The molecule has 0 radical (unpaired) electrons. The number of carbonyl (C=O) groups is 3. The van der Waals surface area contributed by atoms with E-state index in [1.165, 1.54) is 7.11 Å². The third-order valence-electron chi connectivity index (χ3n) is 4.13. The monoisotopic (exact) mass is 358 g/mol. The first-order valence-corrected chi connectivity index (χ1v) is 8.36. The normalized spacial score (nSPS) is 12.9. The van der Waals surface area contributed by atoms with Crippen molar-refractivity contribution in [2.24, 2.45) is 5.92 Å². The van der Waals surface area contributed by atoms with Crippen molar-refractivity contribution in [1.82, 2.24) is 10.3 Å². The van der Waals surface area contributed by atoms with Crippen LogP contribution in [0.1, 0.15) is 30.8 Å². The number of hydrogen-bond donors (Lipinski definition) is 1. The number of methoxy groups -OCH3 is 1.